The Morgan fingerprint density at radius 2 is 1.68 bits per heavy atom. The number of carbonyl (C=O) groups is 1. The van der Waals surface area contributed by atoms with E-state index in [1.165, 1.54) is 0 Å². The number of hydrogen-bond acceptors (Lipinski definition) is 3. The van der Waals surface area contributed by atoms with Crippen molar-refractivity contribution in [3.8, 4) is 5.75 Å². The average molecular weight is 340 g/mol. The van der Waals surface area contributed by atoms with Gasteiger partial charge in [0.2, 0.25) is 0 Å². The Bertz CT molecular complexity index is 632. The zero-order chi connectivity index (χ0) is 18.1. The molecule has 3 heteroatoms. The van der Waals surface area contributed by atoms with Gasteiger partial charge in [-0.05, 0) is 35.6 Å². The second-order valence-corrected chi connectivity index (χ2v) is 6.72. The van der Waals surface area contributed by atoms with Crippen molar-refractivity contribution < 1.29 is 14.3 Å². The molecule has 0 aliphatic rings. The minimum absolute atomic E-state index is 0.0838. The van der Waals surface area contributed by atoms with Gasteiger partial charge in [0.05, 0.1) is 13.7 Å². The first-order valence-corrected chi connectivity index (χ1v) is 8.88. The summed E-state index contributed by atoms with van der Waals surface area (Å²) >= 11 is 0. The summed E-state index contributed by atoms with van der Waals surface area (Å²) in [4.78, 5) is 12.6. The lowest BCUT2D eigenvalue weighted by Gasteiger charge is -2.17. The van der Waals surface area contributed by atoms with Gasteiger partial charge in [-0.1, -0.05) is 56.3 Å². The van der Waals surface area contributed by atoms with Gasteiger partial charge in [0.15, 0.2) is 0 Å². The first-order chi connectivity index (χ1) is 12.1. The van der Waals surface area contributed by atoms with Gasteiger partial charge in [-0.3, -0.25) is 4.79 Å². The van der Waals surface area contributed by atoms with Crippen LogP contribution in [0.1, 0.15) is 43.7 Å². The van der Waals surface area contributed by atoms with Crippen LogP contribution in [0.15, 0.2) is 54.6 Å². The van der Waals surface area contributed by atoms with Crippen LogP contribution in [0.2, 0.25) is 0 Å². The van der Waals surface area contributed by atoms with Crippen LogP contribution >= 0.6 is 0 Å². The number of Topliss-reactive ketones (excluding diaryl/α,β-unsaturated/α-hetero) is 1. The van der Waals surface area contributed by atoms with Gasteiger partial charge in [0.1, 0.15) is 11.5 Å². The number of ketones is 1. The molecule has 0 fully saturated rings. The van der Waals surface area contributed by atoms with Crippen molar-refractivity contribution in [2.75, 3.05) is 13.7 Å². The molecule has 25 heavy (non-hydrogen) atoms. The predicted molar refractivity (Wildman–Crippen MR) is 101 cm³/mol. The molecule has 0 amide bonds. The third-order valence-corrected chi connectivity index (χ3v) is 4.18. The summed E-state index contributed by atoms with van der Waals surface area (Å²) in [5.41, 5.74) is 2.19. The minimum atomic E-state index is -0.0838. The van der Waals surface area contributed by atoms with Crippen molar-refractivity contribution in [3.63, 3.8) is 0 Å². The van der Waals surface area contributed by atoms with Gasteiger partial charge >= 0.3 is 0 Å². The highest BCUT2D eigenvalue weighted by atomic mass is 16.5. The zero-order valence-electron chi connectivity index (χ0n) is 15.4. The first-order valence-electron chi connectivity index (χ1n) is 8.88. The molecule has 0 aliphatic carbocycles. The molecule has 2 aromatic rings. The van der Waals surface area contributed by atoms with E-state index < -0.39 is 0 Å². The third kappa shape index (κ3) is 6.35. The Balaban J connectivity index is 1.89. The fourth-order valence-corrected chi connectivity index (χ4v) is 2.86. The monoisotopic (exact) mass is 340 g/mol. The van der Waals surface area contributed by atoms with Gasteiger partial charge < -0.3 is 9.47 Å². The van der Waals surface area contributed by atoms with Gasteiger partial charge in [-0.15, -0.1) is 0 Å². The van der Waals surface area contributed by atoms with Gasteiger partial charge in [0.25, 0.3) is 0 Å². The normalized spacial score (nSPS) is 12.2. The lowest BCUT2D eigenvalue weighted by Crippen LogP contribution is -2.17. The molecule has 0 bridgehead atoms. The number of methoxy groups -OCH3 is 1. The smallest absolute Gasteiger partial charge is 0.140 e. The number of benzene rings is 2. The Hall–Kier alpha value is -2.13. The van der Waals surface area contributed by atoms with Crippen molar-refractivity contribution in [1.82, 2.24) is 0 Å². The molecule has 0 heterocycles. The van der Waals surface area contributed by atoms with E-state index in [2.05, 4.69) is 13.8 Å². The van der Waals surface area contributed by atoms with Crippen molar-refractivity contribution in [2.45, 2.75) is 39.2 Å². The molecular formula is C22H28O3. The maximum atomic E-state index is 12.6. The fourth-order valence-electron chi connectivity index (χ4n) is 2.86. The zero-order valence-corrected chi connectivity index (χ0v) is 15.4. The molecule has 0 saturated carbocycles. The van der Waals surface area contributed by atoms with Crippen molar-refractivity contribution >= 4 is 5.78 Å². The van der Waals surface area contributed by atoms with Crippen LogP contribution in [0.4, 0.5) is 0 Å². The van der Waals surface area contributed by atoms with Crippen molar-refractivity contribution in [3.05, 3.63) is 65.7 Å². The molecule has 3 nitrogen and oxygen atoms in total. The standard InChI is InChI=1S/C22H28O3/c1-17(2)15-22(23)21(19-7-5-4-6-8-19)13-14-25-16-18-9-11-20(24-3)12-10-18/h4-12,17,21H,13-16H2,1-3H3/t21-/m0/s1. The highest BCUT2D eigenvalue weighted by Gasteiger charge is 2.20. The molecule has 0 aromatic heterocycles. The van der Waals surface area contributed by atoms with Gasteiger partial charge in [-0.2, -0.15) is 0 Å². The summed E-state index contributed by atoms with van der Waals surface area (Å²) < 4.78 is 11.0. The van der Waals surface area contributed by atoms with Crippen LogP contribution in [-0.4, -0.2) is 19.5 Å². The largest absolute Gasteiger partial charge is 0.497 e. The van der Waals surface area contributed by atoms with Gasteiger partial charge in [-0.25, -0.2) is 0 Å². The van der Waals surface area contributed by atoms with Crippen LogP contribution < -0.4 is 4.74 Å². The lowest BCUT2D eigenvalue weighted by atomic mass is 9.88. The highest BCUT2D eigenvalue weighted by molar-refractivity contribution is 5.85. The lowest BCUT2D eigenvalue weighted by molar-refractivity contribution is -0.121. The molecule has 2 aromatic carbocycles. The summed E-state index contributed by atoms with van der Waals surface area (Å²) in [5, 5.41) is 0. The summed E-state index contributed by atoms with van der Waals surface area (Å²) in [6.45, 7) is 5.28. The van der Waals surface area contributed by atoms with E-state index in [1.54, 1.807) is 7.11 Å². The maximum absolute atomic E-state index is 12.6. The second-order valence-electron chi connectivity index (χ2n) is 6.72. The van der Waals surface area contributed by atoms with E-state index in [1.807, 2.05) is 54.6 Å². The maximum Gasteiger partial charge on any atom is 0.140 e. The summed E-state index contributed by atoms with van der Waals surface area (Å²) in [5.74, 6) is 1.43. The van der Waals surface area contributed by atoms with Crippen LogP contribution in [0.5, 0.6) is 5.75 Å². The fraction of sp³-hybridized carbons (Fsp3) is 0.409. The molecular weight excluding hydrogens is 312 g/mol. The summed E-state index contributed by atoms with van der Waals surface area (Å²) in [6.07, 6.45) is 1.32. The summed E-state index contributed by atoms with van der Waals surface area (Å²) in [6, 6.07) is 17.9. The highest BCUT2D eigenvalue weighted by Crippen LogP contribution is 2.24. The van der Waals surface area contributed by atoms with Crippen molar-refractivity contribution in [2.24, 2.45) is 5.92 Å². The van der Waals surface area contributed by atoms with E-state index in [9.17, 15) is 4.79 Å². The molecule has 0 spiro atoms. The minimum Gasteiger partial charge on any atom is -0.497 e. The first kappa shape index (κ1) is 19.2. The number of ether oxygens (including phenoxy) is 2. The topological polar surface area (TPSA) is 35.5 Å². The Morgan fingerprint density at radius 3 is 2.28 bits per heavy atom. The van der Waals surface area contributed by atoms with Gasteiger partial charge in [0, 0.05) is 18.9 Å². The molecule has 0 N–H and O–H groups in total. The van der Waals surface area contributed by atoms with Crippen LogP contribution in [0.25, 0.3) is 0 Å². The third-order valence-electron chi connectivity index (χ3n) is 4.18. The molecule has 134 valence electrons. The molecule has 0 aliphatic heterocycles. The Morgan fingerprint density at radius 1 is 1.00 bits per heavy atom. The van der Waals surface area contributed by atoms with E-state index in [4.69, 9.17) is 9.47 Å². The van der Waals surface area contributed by atoms with Crippen LogP contribution in [0.3, 0.4) is 0 Å². The number of hydrogen-bond donors (Lipinski definition) is 0. The predicted octanol–water partition coefficient (Wildman–Crippen LogP) is 5.00. The molecule has 1 atom stereocenters. The van der Waals surface area contributed by atoms with E-state index in [-0.39, 0.29) is 5.92 Å². The molecule has 0 unspecified atom stereocenters. The quantitative estimate of drug-likeness (QED) is 0.571. The van der Waals surface area contributed by atoms with E-state index in [0.717, 1.165) is 16.9 Å². The van der Waals surface area contributed by atoms with Crippen LogP contribution in [0, 0.1) is 5.92 Å². The second kappa shape index (κ2) is 10.00. The average Bonchev–Trinajstić information content (AvgIpc) is 2.62. The van der Waals surface area contributed by atoms with E-state index in [0.29, 0.717) is 37.8 Å². The number of rotatable bonds is 10. The SMILES string of the molecule is COc1ccc(COCC[C@H](C(=O)CC(C)C)c2ccccc2)cc1. The Labute approximate surface area is 151 Å². The molecule has 0 saturated heterocycles. The van der Waals surface area contributed by atoms with Crippen molar-refractivity contribution in [1.29, 1.82) is 0 Å². The molecule has 0 radical (unpaired) electrons. The van der Waals surface area contributed by atoms with Crippen LogP contribution in [-0.2, 0) is 16.1 Å². The summed E-state index contributed by atoms with van der Waals surface area (Å²) in [7, 11) is 1.66. The Kier molecular flexibility index (Phi) is 7.68. The molecule has 2 rings (SSSR count). The number of carbonyl (C=O) groups excluding carboxylic acids is 1. The van der Waals surface area contributed by atoms with E-state index >= 15 is 0 Å².